The second-order valence-electron chi connectivity index (χ2n) is 20.4. The van der Waals surface area contributed by atoms with E-state index in [0.29, 0.717) is 19.3 Å². The van der Waals surface area contributed by atoms with Crippen molar-refractivity contribution in [3.8, 4) is 0 Å². The Bertz CT molecular complexity index is 962. The lowest BCUT2D eigenvalue weighted by Gasteiger charge is -2.18. The molecule has 0 bridgehead atoms. The van der Waals surface area contributed by atoms with Crippen LogP contribution in [0.3, 0.4) is 0 Å². The molecule has 0 aliphatic rings. The number of ether oxygens (including phenoxy) is 3. The minimum Gasteiger partial charge on any atom is -0.462 e. The highest BCUT2D eigenvalue weighted by atomic mass is 16.6. The predicted octanol–water partition coefficient (Wildman–Crippen LogP) is 17.9. The lowest BCUT2D eigenvalue weighted by molar-refractivity contribution is -0.167. The second kappa shape index (κ2) is 47.4. The van der Waals surface area contributed by atoms with Gasteiger partial charge in [-0.3, -0.25) is 14.4 Å². The van der Waals surface area contributed by atoms with Gasteiger partial charge < -0.3 is 14.2 Å². The summed E-state index contributed by atoms with van der Waals surface area (Å²) in [5, 5.41) is 0. The maximum Gasteiger partial charge on any atom is 0.306 e. The van der Waals surface area contributed by atoms with E-state index in [0.717, 1.165) is 75.5 Å². The van der Waals surface area contributed by atoms with Crippen LogP contribution in [-0.4, -0.2) is 37.2 Å². The number of hydrogen-bond donors (Lipinski definition) is 0. The molecule has 1 unspecified atom stereocenters. The molecule has 0 aliphatic carbocycles. The van der Waals surface area contributed by atoms with Crippen LogP contribution in [0, 0.1) is 17.8 Å². The van der Waals surface area contributed by atoms with Gasteiger partial charge in [-0.25, -0.2) is 0 Å². The lowest BCUT2D eigenvalue weighted by atomic mass is 9.99. The molecule has 0 aliphatic heterocycles. The summed E-state index contributed by atoms with van der Waals surface area (Å²) >= 11 is 0. The number of esters is 3. The molecule has 0 fully saturated rings. The summed E-state index contributed by atoms with van der Waals surface area (Å²) in [6.07, 6.45) is 48.0. The van der Waals surface area contributed by atoms with Crippen LogP contribution in [-0.2, 0) is 28.6 Å². The van der Waals surface area contributed by atoms with Crippen molar-refractivity contribution in [2.75, 3.05) is 13.2 Å². The van der Waals surface area contributed by atoms with Gasteiger partial charge in [0, 0.05) is 19.3 Å². The van der Waals surface area contributed by atoms with Crippen LogP contribution in [0.4, 0.5) is 0 Å². The molecule has 0 aromatic carbocycles. The average Bonchev–Trinajstić information content (AvgIpc) is 3.24. The highest BCUT2D eigenvalue weighted by Crippen LogP contribution is 2.18. The summed E-state index contributed by atoms with van der Waals surface area (Å²) in [4.78, 5) is 38.1. The minimum atomic E-state index is -0.763. The predicted molar refractivity (Wildman–Crippen MR) is 266 cm³/mol. The fraction of sp³-hybridized carbons (Fsp3) is 0.946. The van der Waals surface area contributed by atoms with E-state index in [-0.39, 0.29) is 31.1 Å². The average molecular weight is 877 g/mol. The first kappa shape index (κ1) is 60.4. The Morgan fingerprint density at radius 3 is 0.839 bits per heavy atom. The normalized spacial score (nSPS) is 12.6. The number of hydrogen-bond acceptors (Lipinski definition) is 6. The number of rotatable bonds is 49. The highest BCUT2D eigenvalue weighted by molar-refractivity contribution is 5.71. The van der Waals surface area contributed by atoms with Crippen molar-refractivity contribution in [1.82, 2.24) is 0 Å². The van der Waals surface area contributed by atoms with Crippen LogP contribution in [0.25, 0.3) is 0 Å². The van der Waals surface area contributed by atoms with Crippen molar-refractivity contribution in [3.63, 3.8) is 0 Å². The maximum absolute atomic E-state index is 12.8. The summed E-state index contributed by atoms with van der Waals surface area (Å²) < 4.78 is 16.9. The third-order valence-corrected chi connectivity index (χ3v) is 13.0. The molecule has 0 aromatic heterocycles. The topological polar surface area (TPSA) is 78.9 Å². The molecule has 2 atom stereocenters. The fourth-order valence-electron chi connectivity index (χ4n) is 8.44. The Balaban J connectivity index is 4.30. The van der Waals surface area contributed by atoms with E-state index in [2.05, 4.69) is 41.5 Å². The van der Waals surface area contributed by atoms with Gasteiger partial charge in [-0.1, -0.05) is 266 Å². The van der Waals surface area contributed by atoms with Crippen molar-refractivity contribution in [2.24, 2.45) is 17.8 Å². The van der Waals surface area contributed by atoms with Gasteiger partial charge in [-0.15, -0.1) is 0 Å². The zero-order valence-corrected chi connectivity index (χ0v) is 42.7. The first-order valence-corrected chi connectivity index (χ1v) is 27.6. The van der Waals surface area contributed by atoms with E-state index in [1.165, 1.54) is 186 Å². The largest absolute Gasteiger partial charge is 0.462 e. The third kappa shape index (κ3) is 47.9. The van der Waals surface area contributed by atoms with Gasteiger partial charge in [0.15, 0.2) is 6.10 Å². The SMILES string of the molecule is CCC(C)CCCCCCCCCCC(=O)OC[C@H](COC(=O)CCCCCCCCCCCCCCCCC(C)C)OC(=O)CCCCCCCCCCCCCCC(C)C. The molecule has 0 amide bonds. The molecule has 0 rings (SSSR count). The standard InChI is InChI=1S/C56H108O6/c1-7-52(6)44-38-32-26-22-23-28-34-40-46-55(58)61-49-53(62-56(59)47-41-35-29-21-17-13-12-15-19-25-31-37-43-51(4)5)48-60-54(57)45-39-33-27-20-16-11-9-8-10-14-18-24-30-36-42-50(2)3/h50-53H,7-49H2,1-6H3/t52?,53-/m0/s1. The Morgan fingerprint density at radius 1 is 0.323 bits per heavy atom. The van der Waals surface area contributed by atoms with Crippen LogP contribution < -0.4 is 0 Å². The van der Waals surface area contributed by atoms with Gasteiger partial charge in [0.2, 0.25) is 0 Å². The van der Waals surface area contributed by atoms with E-state index in [1.54, 1.807) is 0 Å². The van der Waals surface area contributed by atoms with Crippen molar-refractivity contribution < 1.29 is 28.6 Å². The lowest BCUT2D eigenvalue weighted by Crippen LogP contribution is -2.30. The van der Waals surface area contributed by atoms with E-state index in [4.69, 9.17) is 14.2 Å². The number of carbonyl (C=O) groups is 3. The van der Waals surface area contributed by atoms with Gasteiger partial charge in [-0.2, -0.15) is 0 Å². The van der Waals surface area contributed by atoms with Crippen LogP contribution in [0.2, 0.25) is 0 Å². The molecule has 6 heteroatoms. The zero-order chi connectivity index (χ0) is 45.6. The van der Waals surface area contributed by atoms with E-state index >= 15 is 0 Å². The van der Waals surface area contributed by atoms with Crippen molar-refractivity contribution in [2.45, 2.75) is 311 Å². The Hall–Kier alpha value is -1.59. The minimum absolute atomic E-state index is 0.0642. The highest BCUT2D eigenvalue weighted by Gasteiger charge is 2.19. The first-order valence-electron chi connectivity index (χ1n) is 27.6. The summed E-state index contributed by atoms with van der Waals surface area (Å²) in [5.74, 6) is 1.68. The van der Waals surface area contributed by atoms with E-state index < -0.39 is 6.10 Å². The molecule has 6 nitrogen and oxygen atoms in total. The monoisotopic (exact) mass is 877 g/mol. The molecule has 368 valence electrons. The molecule has 0 N–H and O–H groups in total. The van der Waals surface area contributed by atoms with Crippen molar-refractivity contribution >= 4 is 17.9 Å². The number of carbonyl (C=O) groups excluding carboxylic acids is 3. The summed E-state index contributed by atoms with van der Waals surface area (Å²) in [6.45, 7) is 13.8. The van der Waals surface area contributed by atoms with Gasteiger partial charge in [-0.05, 0) is 37.0 Å². The molecule has 0 saturated carbocycles. The van der Waals surface area contributed by atoms with Gasteiger partial charge in [0.1, 0.15) is 13.2 Å². The van der Waals surface area contributed by atoms with E-state index in [1.807, 2.05) is 0 Å². The zero-order valence-electron chi connectivity index (χ0n) is 42.7. The van der Waals surface area contributed by atoms with Crippen LogP contribution in [0.15, 0.2) is 0 Å². The molecule has 62 heavy (non-hydrogen) atoms. The second-order valence-corrected chi connectivity index (χ2v) is 20.4. The van der Waals surface area contributed by atoms with E-state index in [9.17, 15) is 14.4 Å². The molecular weight excluding hydrogens is 769 g/mol. The molecule has 0 heterocycles. The third-order valence-electron chi connectivity index (χ3n) is 13.0. The Kier molecular flexibility index (Phi) is 46.2. The van der Waals surface area contributed by atoms with Crippen molar-refractivity contribution in [1.29, 1.82) is 0 Å². The summed E-state index contributed by atoms with van der Waals surface area (Å²) in [5.41, 5.74) is 0. The molecule has 0 aromatic rings. The van der Waals surface area contributed by atoms with Gasteiger partial charge in [0.25, 0.3) is 0 Å². The smallest absolute Gasteiger partial charge is 0.306 e. The Labute approximate surface area is 387 Å². The van der Waals surface area contributed by atoms with Crippen LogP contribution >= 0.6 is 0 Å². The fourth-order valence-corrected chi connectivity index (χ4v) is 8.44. The maximum atomic E-state index is 12.8. The summed E-state index contributed by atoms with van der Waals surface area (Å²) in [6, 6.07) is 0. The van der Waals surface area contributed by atoms with Gasteiger partial charge >= 0.3 is 17.9 Å². The summed E-state index contributed by atoms with van der Waals surface area (Å²) in [7, 11) is 0. The van der Waals surface area contributed by atoms with Crippen LogP contribution in [0.5, 0.6) is 0 Å². The Morgan fingerprint density at radius 2 is 0.565 bits per heavy atom. The molecular formula is C56H108O6. The first-order chi connectivity index (χ1) is 30.1. The quantitative estimate of drug-likeness (QED) is 0.0344. The molecule has 0 saturated heterocycles. The molecule has 0 radical (unpaired) electrons. The van der Waals surface area contributed by atoms with Crippen LogP contribution in [0.1, 0.15) is 305 Å². The number of unbranched alkanes of at least 4 members (excludes halogenated alkanes) is 31. The van der Waals surface area contributed by atoms with Gasteiger partial charge in [0.05, 0.1) is 0 Å². The molecule has 0 spiro atoms. The van der Waals surface area contributed by atoms with Crippen molar-refractivity contribution in [3.05, 3.63) is 0 Å².